The van der Waals surface area contributed by atoms with Crippen molar-refractivity contribution in [2.45, 2.75) is 19.3 Å². The Morgan fingerprint density at radius 2 is 1.71 bits per heavy atom. The van der Waals surface area contributed by atoms with E-state index in [4.69, 9.17) is 11.6 Å². The van der Waals surface area contributed by atoms with E-state index in [0.717, 1.165) is 6.07 Å². The number of benzene rings is 2. The molecule has 0 spiro atoms. The first kappa shape index (κ1) is 15.8. The van der Waals surface area contributed by atoms with E-state index < -0.39 is 17.6 Å². The van der Waals surface area contributed by atoms with Crippen molar-refractivity contribution < 1.29 is 17.6 Å². The topological polar surface area (TPSA) is 12.0 Å². The van der Waals surface area contributed by atoms with Gasteiger partial charge in [-0.15, -0.1) is 0 Å². The number of rotatable bonds is 4. The van der Waals surface area contributed by atoms with Gasteiger partial charge in [0.15, 0.2) is 0 Å². The molecule has 0 atom stereocenters. The molecule has 0 aliphatic heterocycles. The van der Waals surface area contributed by atoms with Gasteiger partial charge in [-0.3, -0.25) is 0 Å². The second-order valence-corrected chi connectivity index (χ2v) is 4.97. The molecule has 0 aromatic heterocycles. The second-order valence-electron chi connectivity index (χ2n) is 4.54. The van der Waals surface area contributed by atoms with Gasteiger partial charge in [-0.2, -0.15) is 13.2 Å². The summed E-state index contributed by atoms with van der Waals surface area (Å²) >= 11 is 5.71. The van der Waals surface area contributed by atoms with Crippen LogP contribution in [-0.4, -0.2) is 0 Å². The molecule has 21 heavy (non-hydrogen) atoms. The minimum Gasteiger partial charge on any atom is -0.309 e. The zero-order valence-corrected chi connectivity index (χ0v) is 11.6. The summed E-state index contributed by atoms with van der Waals surface area (Å²) in [7, 11) is 0. The van der Waals surface area contributed by atoms with Crippen molar-refractivity contribution in [2.75, 3.05) is 0 Å². The highest BCUT2D eigenvalue weighted by Crippen LogP contribution is 2.31. The molecule has 0 heterocycles. The maximum atomic E-state index is 13.1. The molecule has 0 unspecified atom stereocenters. The zero-order valence-electron chi connectivity index (χ0n) is 10.8. The number of halogens is 5. The smallest absolute Gasteiger partial charge is 0.309 e. The van der Waals surface area contributed by atoms with Crippen LogP contribution in [0.15, 0.2) is 42.5 Å². The van der Waals surface area contributed by atoms with E-state index in [1.54, 1.807) is 12.1 Å². The third-order valence-electron chi connectivity index (χ3n) is 2.89. The van der Waals surface area contributed by atoms with E-state index in [1.807, 2.05) is 0 Å². The van der Waals surface area contributed by atoms with E-state index in [-0.39, 0.29) is 23.7 Å². The lowest BCUT2D eigenvalue weighted by Gasteiger charge is -2.13. The Morgan fingerprint density at radius 1 is 1.00 bits per heavy atom. The Kier molecular flexibility index (Phi) is 4.85. The summed E-state index contributed by atoms with van der Waals surface area (Å²) in [6, 6.07) is 9.36. The fourth-order valence-corrected chi connectivity index (χ4v) is 2.25. The lowest BCUT2D eigenvalue weighted by Crippen LogP contribution is -2.17. The summed E-state index contributed by atoms with van der Waals surface area (Å²) in [4.78, 5) is 0. The van der Waals surface area contributed by atoms with Gasteiger partial charge in [0.1, 0.15) is 5.82 Å². The van der Waals surface area contributed by atoms with Gasteiger partial charge in [-0.25, -0.2) is 4.39 Å². The van der Waals surface area contributed by atoms with Crippen molar-refractivity contribution in [2.24, 2.45) is 0 Å². The third kappa shape index (κ3) is 4.44. The number of alkyl halides is 3. The highest BCUT2D eigenvalue weighted by atomic mass is 35.5. The van der Waals surface area contributed by atoms with Gasteiger partial charge < -0.3 is 5.32 Å². The Balaban J connectivity index is 2.04. The summed E-state index contributed by atoms with van der Waals surface area (Å²) in [5.74, 6) is -0.477. The van der Waals surface area contributed by atoms with Crippen LogP contribution >= 0.6 is 11.6 Å². The van der Waals surface area contributed by atoms with E-state index in [0.29, 0.717) is 5.56 Å². The van der Waals surface area contributed by atoms with Gasteiger partial charge in [-0.1, -0.05) is 29.8 Å². The van der Waals surface area contributed by atoms with Crippen LogP contribution in [0.25, 0.3) is 0 Å². The predicted octanol–water partition coefficient (Wildman–Crippen LogP) is 4.79. The van der Waals surface area contributed by atoms with Crippen molar-refractivity contribution >= 4 is 11.6 Å². The quantitative estimate of drug-likeness (QED) is 0.800. The predicted molar refractivity (Wildman–Crippen MR) is 73.4 cm³/mol. The fourth-order valence-electron chi connectivity index (χ4n) is 2.01. The van der Waals surface area contributed by atoms with Gasteiger partial charge in [0.05, 0.1) is 5.56 Å². The molecular weight excluding hydrogens is 306 g/mol. The van der Waals surface area contributed by atoms with Crippen LogP contribution in [-0.2, 0) is 19.3 Å². The van der Waals surface area contributed by atoms with Gasteiger partial charge in [-0.05, 0) is 35.4 Å². The minimum absolute atomic E-state index is 0.0316. The first-order valence-corrected chi connectivity index (χ1v) is 6.55. The van der Waals surface area contributed by atoms with Crippen molar-refractivity contribution in [3.63, 3.8) is 0 Å². The molecule has 0 aliphatic carbocycles. The Labute approximate surface area is 124 Å². The largest absolute Gasteiger partial charge is 0.416 e. The van der Waals surface area contributed by atoms with Crippen LogP contribution in [0, 0.1) is 5.82 Å². The van der Waals surface area contributed by atoms with E-state index in [9.17, 15) is 17.6 Å². The molecule has 1 nitrogen and oxygen atoms in total. The van der Waals surface area contributed by atoms with Crippen LogP contribution in [0.2, 0.25) is 5.02 Å². The lowest BCUT2D eigenvalue weighted by atomic mass is 10.1. The first-order chi connectivity index (χ1) is 9.86. The fraction of sp³-hybridized carbons (Fsp3) is 0.200. The maximum Gasteiger partial charge on any atom is 0.416 e. The summed E-state index contributed by atoms with van der Waals surface area (Å²) in [5.41, 5.74) is 0.0479. The molecule has 2 aromatic rings. The molecule has 0 bridgehead atoms. The highest BCUT2D eigenvalue weighted by Gasteiger charge is 2.32. The number of nitrogens with one attached hydrogen (secondary N) is 1. The lowest BCUT2D eigenvalue weighted by molar-refractivity contribution is -0.138. The van der Waals surface area contributed by atoms with Crippen LogP contribution in [0.4, 0.5) is 17.6 Å². The van der Waals surface area contributed by atoms with Crippen molar-refractivity contribution in [1.29, 1.82) is 0 Å². The normalized spacial score (nSPS) is 11.7. The molecule has 0 fully saturated rings. The summed E-state index contributed by atoms with van der Waals surface area (Å²) in [6.45, 7) is 0.257. The van der Waals surface area contributed by atoms with E-state index in [1.165, 1.54) is 24.3 Å². The first-order valence-electron chi connectivity index (χ1n) is 6.17. The molecule has 0 aliphatic rings. The Morgan fingerprint density at radius 3 is 2.38 bits per heavy atom. The molecule has 1 N–H and O–H groups in total. The van der Waals surface area contributed by atoms with E-state index >= 15 is 0 Å². The Hall–Kier alpha value is -1.59. The van der Waals surface area contributed by atoms with Crippen LogP contribution in [0.3, 0.4) is 0 Å². The molecule has 0 saturated heterocycles. The van der Waals surface area contributed by atoms with Gasteiger partial charge in [0.2, 0.25) is 0 Å². The zero-order chi connectivity index (χ0) is 15.5. The second kappa shape index (κ2) is 6.45. The van der Waals surface area contributed by atoms with Crippen molar-refractivity contribution in [3.8, 4) is 0 Å². The number of hydrogen-bond donors (Lipinski definition) is 1. The summed E-state index contributed by atoms with van der Waals surface area (Å²) in [6.07, 6.45) is -4.39. The third-order valence-corrected chi connectivity index (χ3v) is 3.11. The number of hydrogen-bond acceptors (Lipinski definition) is 1. The monoisotopic (exact) mass is 317 g/mol. The molecule has 112 valence electrons. The molecular formula is C15H12ClF4N. The Bertz CT molecular complexity index is 605. The minimum atomic E-state index is -4.39. The molecule has 0 amide bonds. The molecule has 0 radical (unpaired) electrons. The van der Waals surface area contributed by atoms with Gasteiger partial charge in [0, 0.05) is 18.1 Å². The van der Waals surface area contributed by atoms with Gasteiger partial charge >= 0.3 is 6.18 Å². The van der Waals surface area contributed by atoms with Gasteiger partial charge in [0.25, 0.3) is 0 Å². The van der Waals surface area contributed by atoms with Crippen molar-refractivity contribution in [3.05, 3.63) is 70.0 Å². The average Bonchev–Trinajstić information content (AvgIpc) is 2.37. The molecule has 2 rings (SSSR count). The molecule has 2 aromatic carbocycles. The molecule has 6 heteroatoms. The van der Waals surface area contributed by atoms with Crippen molar-refractivity contribution in [1.82, 2.24) is 5.32 Å². The van der Waals surface area contributed by atoms with E-state index in [2.05, 4.69) is 5.32 Å². The van der Waals surface area contributed by atoms with Crippen LogP contribution < -0.4 is 5.32 Å². The summed E-state index contributed by atoms with van der Waals surface area (Å²) < 4.78 is 51.6. The maximum absolute atomic E-state index is 13.1. The van der Waals surface area contributed by atoms with Crippen LogP contribution in [0.5, 0.6) is 0 Å². The standard InChI is InChI=1S/C15H12ClF4N/c16-12-5-10(6-13(17)7-12)8-21-9-11-3-1-2-4-14(11)15(18,19)20/h1-7,21H,8-9H2. The SMILES string of the molecule is Fc1cc(Cl)cc(CNCc2ccccc2C(F)(F)F)c1. The van der Waals surface area contributed by atoms with Crippen LogP contribution in [0.1, 0.15) is 16.7 Å². The molecule has 0 saturated carbocycles. The average molecular weight is 318 g/mol. The highest BCUT2D eigenvalue weighted by molar-refractivity contribution is 6.30. The summed E-state index contributed by atoms with van der Waals surface area (Å²) in [5, 5.41) is 3.11.